The Hall–Kier alpha value is -4.39. The quantitative estimate of drug-likeness (QED) is 0.0589. The fourth-order valence-electron chi connectivity index (χ4n) is 6.51. The van der Waals surface area contributed by atoms with Crippen molar-refractivity contribution in [2.45, 2.75) is 111 Å². The van der Waals surface area contributed by atoms with Gasteiger partial charge in [-0.15, -0.1) is 0 Å². The molecule has 5 rings (SSSR count). The van der Waals surface area contributed by atoms with Crippen LogP contribution < -0.4 is 9.47 Å². The number of benzene rings is 4. The van der Waals surface area contributed by atoms with Crippen LogP contribution >= 0.6 is 0 Å². The van der Waals surface area contributed by atoms with E-state index in [1.165, 1.54) is 68.9 Å². The van der Waals surface area contributed by atoms with E-state index in [4.69, 9.17) is 19.4 Å². The van der Waals surface area contributed by atoms with Crippen LogP contribution in [0, 0.1) is 5.92 Å². The number of hydrogen-bond acceptors (Lipinski definition) is 7. The zero-order chi connectivity index (χ0) is 35.1. The lowest BCUT2D eigenvalue weighted by Crippen LogP contribution is -2.13. The second-order valence-electron chi connectivity index (χ2n) is 13.6. The van der Waals surface area contributed by atoms with Crippen molar-refractivity contribution in [3.63, 3.8) is 0 Å². The minimum Gasteiger partial charge on any atom is -0.507 e. The highest BCUT2D eigenvalue weighted by molar-refractivity contribution is 5.99. The highest BCUT2D eigenvalue weighted by Gasteiger charge is 2.20. The molecule has 50 heavy (non-hydrogen) atoms. The van der Waals surface area contributed by atoms with Crippen molar-refractivity contribution in [3.05, 3.63) is 66.7 Å². The monoisotopic (exact) mass is 677 g/mol. The molecule has 0 aliphatic heterocycles. The Balaban J connectivity index is 1.33. The van der Waals surface area contributed by atoms with Crippen molar-refractivity contribution >= 4 is 21.5 Å². The highest BCUT2D eigenvalue weighted by Crippen LogP contribution is 2.40. The largest absolute Gasteiger partial charge is 0.507 e. The van der Waals surface area contributed by atoms with Crippen LogP contribution in [0.2, 0.25) is 0 Å². The van der Waals surface area contributed by atoms with Gasteiger partial charge in [-0.3, -0.25) is 0 Å². The number of hydrogen-bond donors (Lipinski definition) is 2. The molecule has 2 N–H and O–H groups in total. The summed E-state index contributed by atoms with van der Waals surface area (Å²) in [5, 5.41) is 26.8. The minimum atomic E-state index is -0.162. The molecule has 266 valence electrons. The second-order valence-corrected chi connectivity index (χ2v) is 13.6. The Morgan fingerprint density at radius 2 is 1.18 bits per heavy atom. The van der Waals surface area contributed by atoms with Gasteiger partial charge in [-0.1, -0.05) is 134 Å². The summed E-state index contributed by atoms with van der Waals surface area (Å²) >= 11 is 0. The fourth-order valence-corrected chi connectivity index (χ4v) is 6.51. The lowest BCUT2D eigenvalue weighted by atomic mass is 10.0. The molecule has 0 aliphatic carbocycles. The first-order valence-electron chi connectivity index (χ1n) is 19.0. The van der Waals surface area contributed by atoms with Crippen LogP contribution in [0.15, 0.2) is 66.7 Å². The molecule has 0 saturated carbocycles. The summed E-state index contributed by atoms with van der Waals surface area (Å²) < 4.78 is 12.1. The third-order valence-electron chi connectivity index (χ3n) is 9.63. The predicted molar refractivity (Wildman–Crippen MR) is 205 cm³/mol. The van der Waals surface area contributed by atoms with Crippen molar-refractivity contribution < 1.29 is 19.7 Å². The summed E-state index contributed by atoms with van der Waals surface area (Å²) in [5.74, 6) is 1.01. The van der Waals surface area contributed by atoms with Gasteiger partial charge in [0.15, 0.2) is 11.6 Å². The maximum Gasteiger partial charge on any atom is 0.320 e. The SMILES string of the molecule is CCCCCCCCCCCCOc1cc(O)c(-c2nc(OCC(CC)CCCC)nc(-c3ccc4cc5ccccc5cc4c3)n2)c(O)c1. The molecule has 0 radical (unpaired) electrons. The number of ether oxygens (including phenoxy) is 2. The first kappa shape index (κ1) is 36.9. The van der Waals surface area contributed by atoms with Gasteiger partial charge in [-0.05, 0) is 58.5 Å². The highest BCUT2D eigenvalue weighted by atomic mass is 16.5. The molecule has 5 aromatic rings. The van der Waals surface area contributed by atoms with Crippen molar-refractivity contribution in [2.24, 2.45) is 5.92 Å². The average Bonchev–Trinajstić information content (AvgIpc) is 3.12. The first-order valence-corrected chi connectivity index (χ1v) is 19.0. The van der Waals surface area contributed by atoms with Gasteiger partial charge in [0.1, 0.15) is 22.8 Å². The fraction of sp³-hybridized carbons (Fsp3) is 0.465. The van der Waals surface area contributed by atoms with E-state index < -0.39 is 0 Å². The Morgan fingerprint density at radius 1 is 0.580 bits per heavy atom. The Labute approximate surface area is 298 Å². The Bertz CT molecular complexity index is 1780. The number of fused-ring (bicyclic) bond motifs is 2. The third-order valence-corrected chi connectivity index (χ3v) is 9.63. The van der Waals surface area contributed by atoms with Crippen LogP contribution in [0.3, 0.4) is 0 Å². The molecule has 0 spiro atoms. The molecule has 1 atom stereocenters. The molecule has 0 saturated heterocycles. The summed E-state index contributed by atoms with van der Waals surface area (Å²) in [6.45, 7) is 7.62. The maximum atomic E-state index is 11.2. The van der Waals surface area contributed by atoms with Gasteiger partial charge in [0.05, 0.1) is 13.2 Å². The molecule has 1 aromatic heterocycles. The molecule has 7 heteroatoms. The number of aromatic nitrogens is 3. The zero-order valence-corrected chi connectivity index (χ0v) is 30.3. The average molecular weight is 678 g/mol. The number of phenols is 2. The number of aromatic hydroxyl groups is 2. The summed E-state index contributed by atoms with van der Waals surface area (Å²) in [5.41, 5.74) is 0.907. The van der Waals surface area contributed by atoms with E-state index in [2.05, 4.69) is 62.2 Å². The van der Waals surface area contributed by atoms with E-state index in [0.717, 1.165) is 60.2 Å². The van der Waals surface area contributed by atoms with Crippen LogP contribution in [0.4, 0.5) is 0 Å². The number of phenolic OH excluding ortho intramolecular Hbond substituents is 2. The minimum absolute atomic E-state index is 0.120. The van der Waals surface area contributed by atoms with Gasteiger partial charge in [0.25, 0.3) is 0 Å². The molecule has 1 unspecified atom stereocenters. The van der Waals surface area contributed by atoms with Gasteiger partial charge in [-0.25, -0.2) is 4.98 Å². The van der Waals surface area contributed by atoms with E-state index in [1.54, 1.807) is 0 Å². The van der Waals surface area contributed by atoms with Gasteiger partial charge in [0.2, 0.25) is 0 Å². The van der Waals surface area contributed by atoms with Crippen LogP contribution in [-0.2, 0) is 0 Å². The predicted octanol–water partition coefficient (Wildman–Crippen LogP) is 11.8. The molecule has 7 nitrogen and oxygen atoms in total. The summed E-state index contributed by atoms with van der Waals surface area (Å²) in [7, 11) is 0. The smallest absolute Gasteiger partial charge is 0.320 e. The summed E-state index contributed by atoms with van der Waals surface area (Å²) in [6, 6.07) is 22.0. The van der Waals surface area contributed by atoms with Gasteiger partial charge >= 0.3 is 6.01 Å². The third kappa shape index (κ3) is 10.3. The summed E-state index contributed by atoms with van der Waals surface area (Å²) in [6.07, 6.45) is 16.8. The molecule has 4 aromatic carbocycles. The molecule has 0 bridgehead atoms. The van der Waals surface area contributed by atoms with Gasteiger partial charge in [0, 0.05) is 17.7 Å². The Morgan fingerprint density at radius 3 is 1.84 bits per heavy atom. The van der Waals surface area contributed by atoms with Gasteiger partial charge < -0.3 is 19.7 Å². The molecular formula is C43H55N3O4. The van der Waals surface area contributed by atoms with Crippen molar-refractivity contribution in [3.8, 4) is 46.0 Å². The molecule has 0 aliphatic rings. The molecule has 0 fully saturated rings. The van der Waals surface area contributed by atoms with Crippen molar-refractivity contribution in [1.82, 2.24) is 15.0 Å². The van der Waals surface area contributed by atoms with E-state index in [-0.39, 0.29) is 28.9 Å². The normalized spacial score (nSPS) is 12.1. The first-order chi connectivity index (χ1) is 24.5. The summed E-state index contributed by atoms with van der Waals surface area (Å²) in [4.78, 5) is 14.1. The number of unbranched alkanes of at least 4 members (excludes halogenated alkanes) is 10. The van der Waals surface area contributed by atoms with E-state index in [9.17, 15) is 10.2 Å². The van der Waals surface area contributed by atoms with Crippen LogP contribution in [-0.4, -0.2) is 38.4 Å². The van der Waals surface area contributed by atoms with E-state index >= 15 is 0 Å². The molecular weight excluding hydrogens is 622 g/mol. The van der Waals surface area contributed by atoms with Crippen LogP contribution in [0.25, 0.3) is 44.3 Å². The van der Waals surface area contributed by atoms with E-state index in [1.807, 2.05) is 18.2 Å². The van der Waals surface area contributed by atoms with Crippen LogP contribution in [0.5, 0.6) is 23.3 Å². The van der Waals surface area contributed by atoms with Crippen molar-refractivity contribution in [1.29, 1.82) is 0 Å². The maximum absolute atomic E-state index is 11.2. The molecule has 1 heterocycles. The Kier molecular flexibility index (Phi) is 14.1. The lowest BCUT2D eigenvalue weighted by molar-refractivity contribution is 0.217. The van der Waals surface area contributed by atoms with Crippen molar-refractivity contribution in [2.75, 3.05) is 13.2 Å². The lowest BCUT2D eigenvalue weighted by Gasteiger charge is -2.16. The number of nitrogens with zero attached hydrogens (tertiary/aromatic N) is 3. The van der Waals surface area contributed by atoms with Crippen LogP contribution in [0.1, 0.15) is 111 Å². The zero-order valence-electron chi connectivity index (χ0n) is 30.3. The van der Waals surface area contributed by atoms with Gasteiger partial charge in [-0.2, -0.15) is 9.97 Å². The van der Waals surface area contributed by atoms with E-state index in [0.29, 0.717) is 30.7 Å². The number of rotatable bonds is 21. The standard InChI is InChI=1S/C43H55N3O4/c1-4-7-9-10-11-12-13-14-15-18-24-49-37-28-38(47)40(39(48)29-37)42-44-41(45-43(46-42)50-30-31(6-3)19-8-5-2)35-23-22-34-25-32-20-16-17-21-33(32)26-36(34)27-35/h16-17,20-23,25-29,31,47-48H,4-15,18-19,24,30H2,1-3H3. The second kappa shape index (κ2) is 19.1. The molecule has 0 amide bonds. The topological polar surface area (TPSA) is 97.6 Å².